The number of carbonyl (C=O) groups is 1. The van der Waals surface area contributed by atoms with Crippen LogP contribution in [0.4, 0.5) is 0 Å². The molecule has 0 aliphatic rings. The Morgan fingerprint density at radius 1 is 0.500 bits per heavy atom. The number of rotatable bonds is 5. The number of hydrogen-bond donors (Lipinski definition) is 4. The van der Waals surface area contributed by atoms with Crippen LogP contribution < -0.4 is 10.4 Å². The van der Waals surface area contributed by atoms with Crippen molar-refractivity contribution in [1.29, 1.82) is 0 Å². The Kier molecular flexibility index (Phi) is 6.66. The van der Waals surface area contributed by atoms with Crippen molar-refractivity contribution >= 4 is 17.4 Å². The number of aromatic hydroxyl groups is 4. The number of phenolic OH excluding ortho intramolecular Hbond substituents is 4. The molecule has 38 heavy (non-hydrogen) atoms. The molecule has 0 spiro atoms. The SMILES string of the molecule is O=C(/C=c1\cccc(-c2ccc(O)cc2)c1=C(c1ccc(O)cc1)c1ccc(O)cc1)c1ccc(O)cc1. The van der Waals surface area contributed by atoms with Gasteiger partial charge in [0.1, 0.15) is 23.0 Å². The van der Waals surface area contributed by atoms with E-state index >= 15 is 0 Å². The molecule has 0 bridgehead atoms. The molecule has 5 aromatic rings. The molecule has 186 valence electrons. The van der Waals surface area contributed by atoms with Crippen molar-refractivity contribution in [2.45, 2.75) is 0 Å². The van der Waals surface area contributed by atoms with Gasteiger partial charge >= 0.3 is 0 Å². The highest BCUT2D eigenvalue weighted by Crippen LogP contribution is 2.26. The molecule has 0 heterocycles. The average molecular weight is 501 g/mol. The third-order valence-electron chi connectivity index (χ3n) is 6.28. The first-order valence-electron chi connectivity index (χ1n) is 12.0. The fraction of sp³-hybridized carbons (Fsp3) is 0. The number of hydrogen-bond acceptors (Lipinski definition) is 5. The van der Waals surface area contributed by atoms with Crippen LogP contribution in [-0.2, 0) is 0 Å². The van der Waals surface area contributed by atoms with Gasteiger partial charge in [-0.2, -0.15) is 0 Å². The molecule has 5 nitrogen and oxygen atoms in total. The number of phenols is 4. The molecule has 5 aromatic carbocycles. The van der Waals surface area contributed by atoms with Crippen LogP contribution >= 0.6 is 0 Å². The fourth-order valence-corrected chi connectivity index (χ4v) is 4.41. The van der Waals surface area contributed by atoms with Crippen molar-refractivity contribution < 1.29 is 25.2 Å². The maximum absolute atomic E-state index is 13.3. The fourth-order valence-electron chi connectivity index (χ4n) is 4.41. The minimum atomic E-state index is -0.232. The van der Waals surface area contributed by atoms with Gasteiger partial charge in [-0.05, 0) is 105 Å². The predicted molar refractivity (Wildman–Crippen MR) is 148 cm³/mol. The van der Waals surface area contributed by atoms with Gasteiger partial charge in [0.15, 0.2) is 5.78 Å². The van der Waals surface area contributed by atoms with Crippen molar-refractivity contribution in [3.8, 4) is 34.1 Å². The standard InChI is InChI=1S/C33H24O5/c34-26-12-4-21(5-13-26)30-3-1-2-25(20-31(38)22-6-14-27(35)15-7-22)33(30)32(23-8-16-28(36)17-9-23)24-10-18-29(37)19-11-24/h1-20,34-37H/b25-20+. The number of ketones is 1. The van der Waals surface area contributed by atoms with Gasteiger partial charge in [0.05, 0.1) is 0 Å². The molecule has 0 saturated carbocycles. The summed E-state index contributed by atoms with van der Waals surface area (Å²) in [6.45, 7) is 0. The highest BCUT2D eigenvalue weighted by molar-refractivity contribution is 6.17. The Morgan fingerprint density at radius 3 is 1.39 bits per heavy atom. The minimum Gasteiger partial charge on any atom is -0.508 e. The normalized spacial score (nSPS) is 11.3. The maximum Gasteiger partial charge on any atom is 0.186 e. The molecule has 5 heteroatoms. The lowest BCUT2D eigenvalue weighted by Gasteiger charge is -2.14. The molecule has 4 N–H and O–H groups in total. The monoisotopic (exact) mass is 500 g/mol. The van der Waals surface area contributed by atoms with Crippen molar-refractivity contribution in [3.63, 3.8) is 0 Å². The van der Waals surface area contributed by atoms with Crippen LogP contribution in [0.2, 0.25) is 0 Å². The first kappa shape index (κ1) is 24.4. The average Bonchev–Trinajstić information content (AvgIpc) is 2.92. The molecule has 0 aromatic heterocycles. The summed E-state index contributed by atoms with van der Waals surface area (Å²) in [5.74, 6) is 0.235. The first-order valence-corrected chi connectivity index (χ1v) is 12.0. The van der Waals surface area contributed by atoms with E-state index in [4.69, 9.17) is 0 Å². The molecule has 0 amide bonds. The van der Waals surface area contributed by atoms with Gasteiger partial charge in [0.2, 0.25) is 0 Å². The van der Waals surface area contributed by atoms with Crippen LogP contribution in [-0.4, -0.2) is 26.2 Å². The van der Waals surface area contributed by atoms with Gasteiger partial charge < -0.3 is 20.4 Å². The molecule has 0 unspecified atom stereocenters. The van der Waals surface area contributed by atoms with Crippen LogP contribution in [0.15, 0.2) is 115 Å². The molecule has 0 radical (unpaired) electrons. The second-order valence-corrected chi connectivity index (χ2v) is 8.84. The Morgan fingerprint density at radius 2 is 0.921 bits per heavy atom. The zero-order valence-electron chi connectivity index (χ0n) is 20.2. The van der Waals surface area contributed by atoms with E-state index in [1.165, 1.54) is 12.1 Å². The smallest absolute Gasteiger partial charge is 0.186 e. The van der Waals surface area contributed by atoms with Crippen LogP contribution in [0.3, 0.4) is 0 Å². The van der Waals surface area contributed by atoms with E-state index < -0.39 is 0 Å². The van der Waals surface area contributed by atoms with Crippen molar-refractivity contribution in [2.24, 2.45) is 0 Å². The summed E-state index contributed by atoms with van der Waals surface area (Å²) in [5.41, 5.74) is 4.48. The molecule has 0 aliphatic carbocycles. The largest absolute Gasteiger partial charge is 0.508 e. The summed E-state index contributed by atoms with van der Waals surface area (Å²) in [4.78, 5) is 13.3. The molecular formula is C33H24O5. The highest BCUT2D eigenvalue weighted by Gasteiger charge is 2.13. The van der Waals surface area contributed by atoms with Gasteiger partial charge in [-0.3, -0.25) is 4.79 Å². The predicted octanol–water partition coefficient (Wildman–Crippen LogP) is 5.09. The summed E-state index contributed by atoms with van der Waals surface area (Å²) < 4.78 is 0. The van der Waals surface area contributed by atoms with E-state index in [2.05, 4.69) is 0 Å². The quantitative estimate of drug-likeness (QED) is 0.252. The third-order valence-corrected chi connectivity index (χ3v) is 6.28. The van der Waals surface area contributed by atoms with Gasteiger partial charge in [0.25, 0.3) is 0 Å². The zero-order chi connectivity index (χ0) is 26.6. The van der Waals surface area contributed by atoms with E-state index in [1.54, 1.807) is 78.9 Å². The summed E-state index contributed by atoms with van der Waals surface area (Å²) in [7, 11) is 0. The minimum absolute atomic E-state index is 0.0758. The second-order valence-electron chi connectivity index (χ2n) is 8.84. The van der Waals surface area contributed by atoms with Crippen LogP contribution in [0.1, 0.15) is 21.5 Å². The third kappa shape index (κ3) is 5.13. The molecular weight excluding hydrogens is 476 g/mol. The lowest BCUT2D eigenvalue weighted by molar-refractivity contribution is 0.106. The number of Topliss-reactive ketones (excluding diaryl/α,β-unsaturated/α-hetero) is 1. The second kappa shape index (κ2) is 10.4. The Labute approximate surface area is 219 Å². The molecule has 0 atom stereocenters. The molecule has 0 aliphatic heterocycles. The highest BCUT2D eigenvalue weighted by atomic mass is 16.3. The van der Waals surface area contributed by atoms with E-state index in [-0.39, 0.29) is 28.8 Å². The Hall–Kier alpha value is -5.29. The molecule has 0 saturated heterocycles. The summed E-state index contributed by atoms with van der Waals surface area (Å²) >= 11 is 0. The maximum atomic E-state index is 13.3. The van der Waals surface area contributed by atoms with Crippen molar-refractivity contribution in [2.75, 3.05) is 0 Å². The lowest BCUT2D eigenvalue weighted by Crippen LogP contribution is -2.31. The van der Waals surface area contributed by atoms with Crippen molar-refractivity contribution in [3.05, 3.63) is 142 Å². The Bertz CT molecular complexity index is 1670. The Balaban J connectivity index is 1.91. The molecule has 5 rings (SSSR count). The number of carbonyl (C=O) groups excluding carboxylic acids is 1. The van der Waals surface area contributed by atoms with Gasteiger partial charge in [0, 0.05) is 5.56 Å². The summed E-state index contributed by atoms with van der Waals surface area (Å²) in [6, 6.07) is 32.2. The van der Waals surface area contributed by atoms with E-state index in [1.807, 2.05) is 30.3 Å². The summed E-state index contributed by atoms with van der Waals surface area (Å²) in [5, 5.41) is 40.9. The van der Waals surface area contributed by atoms with E-state index in [9.17, 15) is 25.2 Å². The van der Waals surface area contributed by atoms with Crippen LogP contribution in [0.5, 0.6) is 23.0 Å². The van der Waals surface area contributed by atoms with Crippen LogP contribution in [0, 0.1) is 0 Å². The lowest BCUT2D eigenvalue weighted by atomic mass is 9.90. The van der Waals surface area contributed by atoms with Crippen LogP contribution in [0.25, 0.3) is 22.8 Å². The number of benzene rings is 5. The van der Waals surface area contributed by atoms with E-state index in [0.29, 0.717) is 10.8 Å². The topological polar surface area (TPSA) is 98.0 Å². The zero-order valence-corrected chi connectivity index (χ0v) is 20.2. The molecule has 0 fully saturated rings. The first-order chi connectivity index (χ1) is 18.4. The summed E-state index contributed by atoms with van der Waals surface area (Å²) in [6.07, 6.45) is 1.56. The van der Waals surface area contributed by atoms with Gasteiger partial charge in [-0.25, -0.2) is 0 Å². The van der Waals surface area contributed by atoms with Crippen molar-refractivity contribution in [1.82, 2.24) is 0 Å². The van der Waals surface area contributed by atoms with E-state index in [0.717, 1.165) is 33.0 Å². The van der Waals surface area contributed by atoms with Gasteiger partial charge in [-0.1, -0.05) is 54.6 Å². The van der Waals surface area contributed by atoms with Gasteiger partial charge in [-0.15, -0.1) is 0 Å².